The van der Waals surface area contributed by atoms with Gasteiger partial charge >= 0.3 is 0 Å². The van der Waals surface area contributed by atoms with E-state index < -0.39 is 0 Å². The molecule has 17 heavy (non-hydrogen) atoms. The molecule has 1 aliphatic carbocycles. The molecule has 92 valence electrons. The summed E-state index contributed by atoms with van der Waals surface area (Å²) in [4.78, 5) is 11.9. The summed E-state index contributed by atoms with van der Waals surface area (Å²) in [7, 11) is 0. The van der Waals surface area contributed by atoms with Gasteiger partial charge in [0.05, 0.1) is 0 Å². The molecule has 1 saturated carbocycles. The molecule has 1 aromatic carbocycles. The summed E-state index contributed by atoms with van der Waals surface area (Å²) in [6, 6.07) is 5.39. The molecular formula is C14H20N2O. The molecule has 0 unspecified atom stereocenters. The Morgan fingerprint density at radius 2 is 2.24 bits per heavy atom. The number of hydrogen-bond acceptors (Lipinski definition) is 2. The summed E-state index contributed by atoms with van der Waals surface area (Å²) in [5.41, 5.74) is 8.02. The first-order chi connectivity index (χ1) is 8.16. The zero-order valence-corrected chi connectivity index (χ0v) is 10.3. The molecule has 3 nitrogen and oxygen atoms in total. The van der Waals surface area contributed by atoms with Gasteiger partial charge in [-0.1, -0.05) is 12.8 Å². The number of rotatable bonds is 5. The Morgan fingerprint density at radius 3 is 2.88 bits per heavy atom. The number of benzene rings is 1. The second-order valence-electron chi connectivity index (χ2n) is 4.92. The first kappa shape index (κ1) is 12.0. The number of nitrogens with two attached hydrogens (primary N) is 1. The number of aryl methyl sites for hydroxylation is 1. The lowest BCUT2D eigenvalue weighted by Gasteiger charge is -2.08. The van der Waals surface area contributed by atoms with Gasteiger partial charge < -0.3 is 11.1 Å². The lowest BCUT2D eigenvalue weighted by Crippen LogP contribution is -2.25. The monoisotopic (exact) mass is 232 g/mol. The van der Waals surface area contributed by atoms with Crippen molar-refractivity contribution in [3.63, 3.8) is 0 Å². The summed E-state index contributed by atoms with van der Waals surface area (Å²) in [5.74, 6) is 0.948. The van der Waals surface area contributed by atoms with Crippen molar-refractivity contribution in [1.29, 1.82) is 0 Å². The predicted octanol–water partition coefficient (Wildman–Crippen LogP) is 2.50. The molecule has 1 fully saturated rings. The molecule has 0 spiro atoms. The maximum atomic E-state index is 11.9. The number of carbonyl (C=O) groups excluding carboxylic acids is 1. The van der Waals surface area contributed by atoms with E-state index in [2.05, 4.69) is 5.32 Å². The topological polar surface area (TPSA) is 55.1 Å². The van der Waals surface area contributed by atoms with Crippen LogP contribution in [0.25, 0.3) is 0 Å². The Hall–Kier alpha value is -1.51. The Labute approximate surface area is 102 Å². The van der Waals surface area contributed by atoms with Gasteiger partial charge in [0, 0.05) is 17.8 Å². The SMILES string of the molecule is Cc1cc(N)ccc1C(=O)NCCCC1CC1. The van der Waals surface area contributed by atoms with Crippen molar-refractivity contribution in [2.45, 2.75) is 32.6 Å². The molecule has 0 aromatic heterocycles. The van der Waals surface area contributed by atoms with Crippen molar-refractivity contribution in [2.24, 2.45) is 5.92 Å². The first-order valence-corrected chi connectivity index (χ1v) is 6.31. The van der Waals surface area contributed by atoms with Crippen LogP contribution in [0.4, 0.5) is 5.69 Å². The molecule has 0 bridgehead atoms. The fraction of sp³-hybridized carbons (Fsp3) is 0.500. The quantitative estimate of drug-likeness (QED) is 0.605. The number of hydrogen-bond donors (Lipinski definition) is 2. The van der Waals surface area contributed by atoms with E-state index in [0.29, 0.717) is 5.69 Å². The Bertz CT molecular complexity index is 411. The van der Waals surface area contributed by atoms with Gasteiger partial charge in [-0.15, -0.1) is 0 Å². The molecule has 0 saturated heterocycles. The molecule has 3 N–H and O–H groups in total. The van der Waals surface area contributed by atoms with Crippen LogP contribution >= 0.6 is 0 Å². The second-order valence-corrected chi connectivity index (χ2v) is 4.92. The number of anilines is 1. The third-order valence-electron chi connectivity index (χ3n) is 3.27. The Balaban J connectivity index is 1.81. The van der Waals surface area contributed by atoms with Gasteiger partial charge in [-0.3, -0.25) is 4.79 Å². The van der Waals surface area contributed by atoms with Crippen LogP contribution in [0, 0.1) is 12.8 Å². The zero-order chi connectivity index (χ0) is 12.3. The van der Waals surface area contributed by atoms with Crippen LogP contribution in [-0.4, -0.2) is 12.5 Å². The Morgan fingerprint density at radius 1 is 1.47 bits per heavy atom. The highest BCUT2D eigenvalue weighted by molar-refractivity contribution is 5.95. The van der Waals surface area contributed by atoms with E-state index in [4.69, 9.17) is 5.73 Å². The smallest absolute Gasteiger partial charge is 0.251 e. The minimum Gasteiger partial charge on any atom is -0.399 e. The number of nitrogen functional groups attached to an aromatic ring is 1. The van der Waals surface area contributed by atoms with Crippen molar-refractivity contribution < 1.29 is 4.79 Å². The highest BCUT2D eigenvalue weighted by Gasteiger charge is 2.20. The molecule has 0 radical (unpaired) electrons. The van der Waals surface area contributed by atoms with Crippen molar-refractivity contribution in [3.05, 3.63) is 29.3 Å². The lowest BCUT2D eigenvalue weighted by atomic mass is 10.1. The maximum Gasteiger partial charge on any atom is 0.251 e. The summed E-state index contributed by atoms with van der Waals surface area (Å²) < 4.78 is 0. The minimum atomic E-state index is 0.0123. The normalized spacial score (nSPS) is 14.6. The van der Waals surface area contributed by atoms with Crippen LogP contribution < -0.4 is 11.1 Å². The molecule has 2 rings (SSSR count). The van der Waals surface area contributed by atoms with Crippen LogP contribution in [0.5, 0.6) is 0 Å². The van der Waals surface area contributed by atoms with Gasteiger partial charge in [0.2, 0.25) is 0 Å². The maximum absolute atomic E-state index is 11.9. The molecular weight excluding hydrogens is 212 g/mol. The van der Waals surface area contributed by atoms with E-state index >= 15 is 0 Å². The molecule has 1 amide bonds. The van der Waals surface area contributed by atoms with E-state index in [1.54, 1.807) is 12.1 Å². The van der Waals surface area contributed by atoms with E-state index in [1.807, 2.05) is 13.0 Å². The van der Waals surface area contributed by atoms with Gasteiger partial charge in [0.25, 0.3) is 5.91 Å². The summed E-state index contributed by atoms with van der Waals surface area (Å²) in [5, 5.41) is 2.96. The van der Waals surface area contributed by atoms with E-state index in [0.717, 1.165) is 30.0 Å². The highest BCUT2D eigenvalue weighted by atomic mass is 16.1. The fourth-order valence-electron chi connectivity index (χ4n) is 2.04. The summed E-state index contributed by atoms with van der Waals surface area (Å²) >= 11 is 0. The predicted molar refractivity (Wildman–Crippen MR) is 69.9 cm³/mol. The van der Waals surface area contributed by atoms with E-state index in [-0.39, 0.29) is 5.91 Å². The fourth-order valence-corrected chi connectivity index (χ4v) is 2.04. The van der Waals surface area contributed by atoms with Crippen LogP contribution in [0.2, 0.25) is 0 Å². The van der Waals surface area contributed by atoms with Crippen LogP contribution in [0.1, 0.15) is 41.6 Å². The summed E-state index contributed by atoms with van der Waals surface area (Å²) in [6.45, 7) is 2.69. The third kappa shape index (κ3) is 3.48. The molecule has 3 heteroatoms. The number of nitrogens with one attached hydrogen (secondary N) is 1. The van der Waals surface area contributed by atoms with Crippen molar-refractivity contribution >= 4 is 11.6 Å². The van der Waals surface area contributed by atoms with Gasteiger partial charge in [-0.25, -0.2) is 0 Å². The van der Waals surface area contributed by atoms with Gasteiger partial charge in [0.15, 0.2) is 0 Å². The highest BCUT2D eigenvalue weighted by Crippen LogP contribution is 2.33. The van der Waals surface area contributed by atoms with Gasteiger partial charge in [-0.2, -0.15) is 0 Å². The third-order valence-corrected chi connectivity index (χ3v) is 3.27. The van der Waals surface area contributed by atoms with Crippen LogP contribution in [0.3, 0.4) is 0 Å². The molecule has 0 heterocycles. The number of carbonyl (C=O) groups is 1. The van der Waals surface area contributed by atoms with Crippen molar-refractivity contribution in [2.75, 3.05) is 12.3 Å². The van der Waals surface area contributed by atoms with Crippen LogP contribution in [-0.2, 0) is 0 Å². The number of amides is 1. The van der Waals surface area contributed by atoms with Gasteiger partial charge in [-0.05, 0) is 49.4 Å². The van der Waals surface area contributed by atoms with Gasteiger partial charge in [0.1, 0.15) is 0 Å². The average molecular weight is 232 g/mol. The van der Waals surface area contributed by atoms with E-state index in [9.17, 15) is 4.79 Å². The lowest BCUT2D eigenvalue weighted by molar-refractivity contribution is 0.0952. The minimum absolute atomic E-state index is 0.0123. The van der Waals surface area contributed by atoms with Crippen LogP contribution in [0.15, 0.2) is 18.2 Å². The first-order valence-electron chi connectivity index (χ1n) is 6.31. The molecule has 0 aliphatic heterocycles. The molecule has 1 aliphatic rings. The largest absolute Gasteiger partial charge is 0.399 e. The average Bonchev–Trinajstić information content (AvgIpc) is 3.08. The molecule has 0 atom stereocenters. The summed E-state index contributed by atoms with van der Waals surface area (Å²) in [6.07, 6.45) is 5.10. The van der Waals surface area contributed by atoms with Crippen molar-refractivity contribution in [1.82, 2.24) is 5.32 Å². The Kier molecular flexibility index (Phi) is 3.67. The standard InChI is InChI=1S/C14H20N2O/c1-10-9-12(15)6-7-13(10)14(17)16-8-2-3-11-4-5-11/h6-7,9,11H,2-5,8,15H2,1H3,(H,16,17). The van der Waals surface area contributed by atoms with E-state index in [1.165, 1.54) is 19.3 Å². The zero-order valence-electron chi connectivity index (χ0n) is 10.3. The second kappa shape index (κ2) is 5.21. The van der Waals surface area contributed by atoms with Crippen molar-refractivity contribution in [3.8, 4) is 0 Å². The molecule has 1 aromatic rings.